The standard InChI is InChI=1S/C8H17N3O3S2/c1-2-3-6(7(9)15)8(12)11-4-5-16(10,13)14/h6H,2-5H2,1H3,(H2,9,15)(H,11,12)(H2,10,13,14). The van der Waals surface area contributed by atoms with Gasteiger partial charge in [-0.2, -0.15) is 0 Å². The van der Waals surface area contributed by atoms with Crippen LogP contribution in [0.2, 0.25) is 0 Å². The van der Waals surface area contributed by atoms with Gasteiger partial charge in [-0.25, -0.2) is 13.6 Å². The Bertz CT molecular complexity index is 354. The van der Waals surface area contributed by atoms with Crippen molar-refractivity contribution in [1.82, 2.24) is 5.32 Å². The van der Waals surface area contributed by atoms with Crippen LogP contribution >= 0.6 is 12.2 Å². The Morgan fingerprint density at radius 1 is 1.50 bits per heavy atom. The molecule has 1 unspecified atom stereocenters. The minimum atomic E-state index is -3.56. The van der Waals surface area contributed by atoms with Gasteiger partial charge in [0, 0.05) is 6.54 Å². The molecule has 0 saturated heterocycles. The molecular formula is C8H17N3O3S2. The van der Waals surface area contributed by atoms with Crippen LogP contribution in [0.15, 0.2) is 0 Å². The molecule has 0 heterocycles. The van der Waals surface area contributed by atoms with Gasteiger partial charge in [-0.15, -0.1) is 0 Å². The molecule has 0 spiro atoms. The van der Waals surface area contributed by atoms with Crippen LogP contribution < -0.4 is 16.2 Å². The molecule has 8 heteroatoms. The van der Waals surface area contributed by atoms with E-state index < -0.39 is 15.9 Å². The molecule has 0 saturated carbocycles. The second-order valence-electron chi connectivity index (χ2n) is 3.40. The molecule has 0 rings (SSSR count). The van der Waals surface area contributed by atoms with Crippen molar-refractivity contribution in [2.24, 2.45) is 16.8 Å². The Labute approximate surface area is 101 Å². The van der Waals surface area contributed by atoms with Crippen molar-refractivity contribution in [3.05, 3.63) is 0 Å². The van der Waals surface area contributed by atoms with E-state index in [1.165, 1.54) is 0 Å². The van der Waals surface area contributed by atoms with E-state index >= 15 is 0 Å². The molecule has 0 aromatic carbocycles. The molecule has 1 amide bonds. The lowest BCUT2D eigenvalue weighted by Gasteiger charge is -2.14. The zero-order chi connectivity index (χ0) is 12.8. The lowest BCUT2D eigenvalue weighted by Crippen LogP contribution is -2.40. The van der Waals surface area contributed by atoms with E-state index in [2.05, 4.69) is 5.32 Å². The smallest absolute Gasteiger partial charge is 0.229 e. The van der Waals surface area contributed by atoms with Crippen molar-refractivity contribution in [2.75, 3.05) is 12.3 Å². The van der Waals surface area contributed by atoms with Crippen LogP contribution in [0.4, 0.5) is 0 Å². The number of hydrogen-bond donors (Lipinski definition) is 3. The third-order valence-electron chi connectivity index (χ3n) is 1.92. The van der Waals surface area contributed by atoms with Gasteiger partial charge in [0.1, 0.15) is 0 Å². The van der Waals surface area contributed by atoms with Crippen LogP contribution in [-0.4, -0.2) is 31.6 Å². The highest BCUT2D eigenvalue weighted by atomic mass is 32.2. The van der Waals surface area contributed by atoms with Gasteiger partial charge >= 0.3 is 0 Å². The van der Waals surface area contributed by atoms with E-state index in [0.29, 0.717) is 6.42 Å². The van der Waals surface area contributed by atoms with E-state index in [9.17, 15) is 13.2 Å². The number of amides is 1. The van der Waals surface area contributed by atoms with Crippen LogP contribution in [0.3, 0.4) is 0 Å². The van der Waals surface area contributed by atoms with Crippen molar-refractivity contribution in [3.63, 3.8) is 0 Å². The molecule has 0 aromatic rings. The summed E-state index contributed by atoms with van der Waals surface area (Å²) in [6, 6.07) is 0. The molecule has 16 heavy (non-hydrogen) atoms. The average molecular weight is 267 g/mol. The maximum Gasteiger partial charge on any atom is 0.229 e. The van der Waals surface area contributed by atoms with Crippen LogP contribution in [0.5, 0.6) is 0 Å². The van der Waals surface area contributed by atoms with Crippen molar-refractivity contribution in [1.29, 1.82) is 0 Å². The van der Waals surface area contributed by atoms with Crippen LogP contribution in [-0.2, 0) is 14.8 Å². The van der Waals surface area contributed by atoms with Crippen molar-refractivity contribution < 1.29 is 13.2 Å². The molecule has 0 aliphatic rings. The molecule has 94 valence electrons. The number of primary sulfonamides is 1. The Morgan fingerprint density at radius 2 is 2.06 bits per heavy atom. The van der Waals surface area contributed by atoms with Gasteiger partial charge in [-0.3, -0.25) is 4.79 Å². The molecule has 5 N–H and O–H groups in total. The maximum atomic E-state index is 11.5. The zero-order valence-corrected chi connectivity index (χ0v) is 10.7. The Balaban J connectivity index is 4.17. The number of nitrogens with two attached hydrogens (primary N) is 2. The average Bonchev–Trinajstić information content (AvgIpc) is 2.11. The summed E-state index contributed by atoms with van der Waals surface area (Å²) in [4.78, 5) is 11.7. The fraction of sp³-hybridized carbons (Fsp3) is 0.750. The summed E-state index contributed by atoms with van der Waals surface area (Å²) in [6.45, 7) is 1.88. The van der Waals surface area contributed by atoms with Crippen LogP contribution in [0.25, 0.3) is 0 Å². The van der Waals surface area contributed by atoms with Crippen molar-refractivity contribution in [3.8, 4) is 0 Å². The highest BCUT2D eigenvalue weighted by Gasteiger charge is 2.20. The maximum absolute atomic E-state index is 11.5. The molecule has 0 aliphatic heterocycles. The van der Waals surface area contributed by atoms with Crippen molar-refractivity contribution in [2.45, 2.75) is 19.8 Å². The fourth-order valence-corrected chi connectivity index (χ4v) is 1.74. The molecule has 6 nitrogen and oxygen atoms in total. The number of rotatable bonds is 7. The Morgan fingerprint density at radius 3 is 2.44 bits per heavy atom. The molecule has 0 bridgehead atoms. The number of nitrogens with one attached hydrogen (secondary N) is 1. The minimum Gasteiger partial charge on any atom is -0.393 e. The fourth-order valence-electron chi connectivity index (χ4n) is 1.13. The van der Waals surface area contributed by atoms with Gasteiger partial charge in [0.2, 0.25) is 15.9 Å². The highest BCUT2D eigenvalue weighted by molar-refractivity contribution is 7.89. The highest BCUT2D eigenvalue weighted by Crippen LogP contribution is 2.06. The summed E-state index contributed by atoms with van der Waals surface area (Å²) >= 11 is 4.76. The molecule has 1 atom stereocenters. The number of sulfonamides is 1. The largest absolute Gasteiger partial charge is 0.393 e. The van der Waals surface area contributed by atoms with Gasteiger partial charge < -0.3 is 11.1 Å². The minimum absolute atomic E-state index is 0.0273. The Kier molecular flexibility index (Phi) is 6.46. The Hall–Kier alpha value is -0.730. The molecular weight excluding hydrogens is 250 g/mol. The summed E-state index contributed by atoms with van der Waals surface area (Å²) in [5.74, 6) is -1.19. The zero-order valence-electron chi connectivity index (χ0n) is 9.10. The van der Waals surface area contributed by atoms with Gasteiger partial charge in [-0.1, -0.05) is 25.6 Å². The summed E-state index contributed by atoms with van der Waals surface area (Å²) in [5, 5.41) is 7.23. The lowest BCUT2D eigenvalue weighted by atomic mass is 10.0. The van der Waals surface area contributed by atoms with Gasteiger partial charge in [-0.05, 0) is 6.42 Å². The van der Waals surface area contributed by atoms with Crippen molar-refractivity contribution >= 4 is 33.1 Å². The second kappa shape index (κ2) is 6.77. The first kappa shape index (κ1) is 15.3. The van der Waals surface area contributed by atoms with E-state index in [0.717, 1.165) is 6.42 Å². The summed E-state index contributed by atoms with van der Waals surface area (Å²) in [6.07, 6.45) is 1.32. The predicted octanol–water partition coefficient (Wildman–Crippen LogP) is -0.906. The van der Waals surface area contributed by atoms with Gasteiger partial charge in [0.15, 0.2) is 0 Å². The quantitative estimate of drug-likeness (QED) is 0.517. The van der Waals surface area contributed by atoms with E-state index in [1.807, 2.05) is 6.92 Å². The first-order valence-corrected chi connectivity index (χ1v) is 6.97. The van der Waals surface area contributed by atoms with Gasteiger partial charge in [0.05, 0.1) is 16.7 Å². The number of hydrogen-bond acceptors (Lipinski definition) is 4. The third-order valence-corrected chi connectivity index (χ3v) is 2.98. The van der Waals surface area contributed by atoms with Crippen LogP contribution in [0, 0.1) is 5.92 Å². The summed E-state index contributed by atoms with van der Waals surface area (Å²) < 4.78 is 21.2. The molecule has 0 fully saturated rings. The predicted molar refractivity (Wildman–Crippen MR) is 66.2 cm³/mol. The van der Waals surface area contributed by atoms with E-state index in [4.69, 9.17) is 23.1 Å². The number of carbonyl (C=O) groups excluding carboxylic acids is 1. The summed E-state index contributed by atoms with van der Waals surface area (Å²) in [7, 11) is -3.56. The third kappa shape index (κ3) is 6.70. The van der Waals surface area contributed by atoms with Crippen LogP contribution in [0.1, 0.15) is 19.8 Å². The topological polar surface area (TPSA) is 115 Å². The molecule has 0 aliphatic carbocycles. The van der Waals surface area contributed by atoms with E-state index in [-0.39, 0.29) is 23.2 Å². The second-order valence-corrected chi connectivity index (χ2v) is 5.61. The normalized spacial score (nSPS) is 13.1. The number of carbonyl (C=O) groups is 1. The van der Waals surface area contributed by atoms with E-state index in [1.54, 1.807) is 0 Å². The monoisotopic (exact) mass is 267 g/mol. The molecule has 0 aromatic heterocycles. The summed E-state index contributed by atoms with van der Waals surface area (Å²) in [5.41, 5.74) is 5.41. The lowest BCUT2D eigenvalue weighted by molar-refractivity contribution is -0.123. The number of thiocarbonyl (C=S) groups is 1. The first-order chi connectivity index (χ1) is 7.28. The molecule has 0 radical (unpaired) electrons. The van der Waals surface area contributed by atoms with Gasteiger partial charge in [0.25, 0.3) is 0 Å². The first-order valence-electron chi connectivity index (χ1n) is 4.85. The SMILES string of the molecule is CCCC(C(=O)NCCS(N)(=O)=O)C(N)=S.